The molecule has 1 aromatic carbocycles. The number of methoxy groups -OCH3 is 1. The third-order valence-corrected chi connectivity index (χ3v) is 3.02. The molecule has 4 heteroatoms. The second kappa shape index (κ2) is 5.19. The third-order valence-electron chi connectivity index (χ3n) is 3.02. The molecule has 0 bridgehead atoms. The fourth-order valence-corrected chi connectivity index (χ4v) is 2.13. The van der Waals surface area contributed by atoms with Gasteiger partial charge in [-0.3, -0.25) is 4.79 Å². The number of benzene rings is 1. The molecule has 0 saturated carbocycles. The summed E-state index contributed by atoms with van der Waals surface area (Å²) in [5.74, 6) is 0.513. The van der Waals surface area contributed by atoms with E-state index in [0.29, 0.717) is 24.4 Å². The monoisotopic (exact) mass is 235 g/mol. The first kappa shape index (κ1) is 11.9. The fourth-order valence-electron chi connectivity index (χ4n) is 2.13. The van der Waals surface area contributed by atoms with Gasteiger partial charge in [-0.15, -0.1) is 0 Å². The number of aliphatic hydroxyl groups is 1. The van der Waals surface area contributed by atoms with E-state index < -0.39 is 6.10 Å². The summed E-state index contributed by atoms with van der Waals surface area (Å²) in [6.07, 6.45) is 1.22. The van der Waals surface area contributed by atoms with Crippen molar-refractivity contribution in [1.82, 2.24) is 4.90 Å². The Kier molecular flexibility index (Phi) is 3.64. The smallest absolute Gasteiger partial charge is 0.257 e. The van der Waals surface area contributed by atoms with Crippen LogP contribution in [0.4, 0.5) is 0 Å². The lowest BCUT2D eigenvalue weighted by Crippen LogP contribution is -2.42. The van der Waals surface area contributed by atoms with Crippen LogP contribution in [0.2, 0.25) is 0 Å². The van der Waals surface area contributed by atoms with E-state index in [1.54, 1.807) is 24.1 Å². The summed E-state index contributed by atoms with van der Waals surface area (Å²) in [4.78, 5) is 13.9. The highest BCUT2D eigenvalue weighted by Gasteiger charge is 2.24. The van der Waals surface area contributed by atoms with Gasteiger partial charge in [-0.05, 0) is 25.0 Å². The molecule has 1 fully saturated rings. The van der Waals surface area contributed by atoms with E-state index >= 15 is 0 Å². The van der Waals surface area contributed by atoms with Gasteiger partial charge in [0.05, 0.1) is 18.8 Å². The Morgan fingerprint density at radius 1 is 1.47 bits per heavy atom. The quantitative estimate of drug-likeness (QED) is 0.840. The van der Waals surface area contributed by atoms with E-state index in [1.807, 2.05) is 12.1 Å². The Balaban J connectivity index is 2.18. The van der Waals surface area contributed by atoms with Gasteiger partial charge in [0.25, 0.3) is 5.91 Å². The van der Waals surface area contributed by atoms with Crippen LogP contribution in [-0.4, -0.2) is 42.2 Å². The number of rotatable bonds is 2. The van der Waals surface area contributed by atoms with Crippen molar-refractivity contribution in [2.45, 2.75) is 18.9 Å². The molecule has 1 unspecified atom stereocenters. The second-order valence-electron chi connectivity index (χ2n) is 4.25. The van der Waals surface area contributed by atoms with Crippen molar-refractivity contribution in [2.24, 2.45) is 0 Å². The molecule has 0 radical (unpaired) electrons. The average molecular weight is 235 g/mol. The predicted molar refractivity (Wildman–Crippen MR) is 64.1 cm³/mol. The van der Waals surface area contributed by atoms with Gasteiger partial charge < -0.3 is 14.7 Å². The molecule has 1 N–H and O–H groups in total. The number of β-amino-alcohol motifs (C(OH)–C–C–N with tert-alkyl or cyclic N) is 1. The predicted octanol–water partition coefficient (Wildman–Crippen LogP) is 1.29. The van der Waals surface area contributed by atoms with Gasteiger partial charge >= 0.3 is 0 Å². The van der Waals surface area contributed by atoms with Crippen LogP contribution in [0.5, 0.6) is 5.75 Å². The van der Waals surface area contributed by atoms with Crippen molar-refractivity contribution in [1.29, 1.82) is 0 Å². The summed E-state index contributed by atoms with van der Waals surface area (Å²) >= 11 is 0. The standard InChI is InChI=1S/C13H17NO3/c1-17-12-7-3-2-6-11(12)13(16)14-8-4-5-10(15)9-14/h2-3,6-7,10,15H,4-5,8-9H2,1H3. The minimum Gasteiger partial charge on any atom is -0.496 e. The highest BCUT2D eigenvalue weighted by molar-refractivity contribution is 5.97. The summed E-state index contributed by atoms with van der Waals surface area (Å²) in [6.45, 7) is 1.12. The van der Waals surface area contributed by atoms with Crippen LogP contribution in [0, 0.1) is 0 Å². The maximum Gasteiger partial charge on any atom is 0.257 e. The number of aliphatic hydroxyl groups excluding tert-OH is 1. The van der Waals surface area contributed by atoms with Crippen molar-refractivity contribution in [3.8, 4) is 5.75 Å². The average Bonchev–Trinajstić information content (AvgIpc) is 2.38. The van der Waals surface area contributed by atoms with Crippen LogP contribution in [0.15, 0.2) is 24.3 Å². The maximum absolute atomic E-state index is 12.3. The minimum absolute atomic E-state index is 0.0683. The number of likely N-dealkylation sites (tertiary alicyclic amines) is 1. The van der Waals surface area contributed by atoms with Gasteiger partial charge in [-0.25, -0.2) is 0 Å². The Morgan fingerprint density at radius 3 is 2.94 bits per heavy atom. The molecule has 1 aliphatic heterocycles. The van der Waals surface area contributed by atoms with Crippen molar-refractivity contribution in [3.05, 3.63) is 29.8 Å². The van der Waals surface area contributed by atoms with E-state index in [4.69, 9.17) is 4.74 Å². The second-order valence-corrected chi connectivity index (χ2v) is 4.25. The van der Waals surface area contributed by atoms with Crippen LogP contribution < -0.4 is 4.74 Å². The van der Waals surface area contributed by atoms with Crippen molar-refractivity contribution < 1.29 is 14.6 Å². The molecule has 0 spiro atoms. The lowest BCUT2D eigenvalue weighted by molar-refractivity contribution is 0.0471. The Bertz CT molecular complexity index is 405. The Labute approximate surface area is 101 Å². The molecular weight excluding hydrogens is 218 g/mol. The molecule has 1 heterocycles. The SMILES string of the molecule is COc1ccccc1C(=O)N1CCCC(O)C1. The molecule has 1 amide bonds. The zero-order valence-electron chi connectivity index (χ0n) is 9.93. The summed E-state index contributed by atoms with van der Waals surface area (Å²) in [5, 5.41) is 9.58. The maximum atomic E-state index is 12.3. The van der Waals surface area contributed by atoms with Crippen LogP contribution >= 0.6 is 0 Å². The molecular formula is C13H17NO3. The molecule has 0 aliphatic carbocycles. The van der Waals surface area contributed by atoms with E-state index in [-0.39, 0.29) is 5.91 Å². The molecule has 1 atom stereocenters. The normalized spacial score (nSPS) is 20.1. The number of hydrogen-bond donors (Lipinski definition) is 1. The number of carbonyl (C=O) groups is 1. The molecule has 92 valence electrons. The number of hydrogen-bond acceptors (Lipinski definition) is 3. The first-order valence-corrected chi connectivity index (χ1v) is 5.82. The molecule has 1 aliphatic rings. The lowest BCUT2D eigenvalue weighted by Gasteiger charge is -2.30. The summed E-state index contributed by atoms with van der Waals surface area (Å²) in [6, 6.07) is 7.17. The topological polar surface area (TPSA) is 49.8 Å². The van der Waals surface area contributed by atoms with Gasteiger partial charge in [0.15, 0.2) is 0 Å². The molecule has 1 saturated heterocycles. The number of nitrogens with zero attached hydrogens (tertiary/aromatic N) is 1. The molecule has 4 nitrogen and oxygen atoms in total. The number of para-hydroxylation sites is 1. The number of piperidine rings is 1. The first-order valence-electron chi connectivity index (χ1n) is 5.82. The minimum atomic E-state index is -0.401. The largest absolute Gasteiger partial charge is 0.496 e. The van der Waals surface area contributed by atoms with E-state index in [0.717, 1.165) is 12.8 Å². The number of amides is 1. The molecule has 0 aromatic heterocycles. The van der Waals surface area contributed by atoms with Crippen molar-refractivity contribution >= 4 is 5.91 Å². The van der Waals surface area contributed by atoms with Gasteiger partial charge in [0, 0.05) is 13.1 Å². The van der Waals surface area contributed by atoms with Gasteiger partial charge in [0.2, 0.25) is 0 Å². The molecule has 17 heavy (non-hydrogen) atoms. The van der Waals surface area contributed by atoms with E-state index in [2.05, 4.69) is 0 Å². The third kappa shape index (κ3) is 2.58. The molecule has 2 rings (SSSR count). The van der Waals surface area contributed by atoms with Gasteiger partial charge in [0.1, 0.15) is 5.75 Å². The fraction of sp³-hybridized carbons (Fsp3) is 0.462. The zero-order valence-corrected chi connectivity index (χ0v) is 9.93. The molecule has 1 aromatic rings. The highest BCUT2D eigenvalue weighted by Crippen LogP contribution is 2.21. The van der Waals surface area contributed by atoms with E-state index in [1.165, 1.54) is 0 Å². The number of ether oxygens (including phenoxy) is 1. The van der Waals surface area contributed by atoms with Crippen LogP contribution in [0.1, 0.15) is 23.2 Å². The summed E-state index contributed by atoms with van der Waals surface area (Å²) in [5.41, 5.74) is 0.559. The number of carbonyl (C=O) groups excluding carboxylic acids is 1. The van der Waals surface area contributed by atoms with Crippen molar-refractivity contribution in [2.75, 3.05) is 20.2 Å². The lowest BCUT2D eigenvalue weighted by atomic mass is 10.1. The highest BCUT2D eigenvalue weighted by atomic mass is 16.5. The van der Waals surface area contributed by atoms with Crippen LogP contribution in [0.25, 0.3) is 0 Å². The van der Waals surface area contributed by atoms with Crippen LogP contribution in [-0.2, 0) is 0 Å². The first-order chi connectivity index (χ1) is 8.22. The van der Waals surface area contributed by atoms with Crippen LogP contribution in [0.3, 0.4) is 0 Å². The van der Waals surface area contributed by atoms with Gasteiger partial charge in [-0.1, -0.05) is 12.1 Å². The van der Waals surface area contributed by atoms with Gasteiger partial charge in [-0.2, -0.15) is 0 Å². The summed E-state index contributed by atoms with van der Waals surface area (Å²) in [7, 11) is 1.55. The van der Waals surface area contributed by atoms with E-state index in [9.17, 15) is 9.90 Å². The zero-order chi connectivity index (χ0) is 12.3. The van der Waals surface area contributed by atoms with Crippen molar-refractivity contribution in [3.63, 3.8) is 0 Å². The summed E-state index contributed by atoms with van der Waals surface area (Å²) < 4.78 is 5.17. The Morgan fingerprint density at radius 2 is 2.24 bits per heavy atom. The Hall–Kier alpha value is -1.55.